The number of aromatic amines is 2. The molecule has 6 heteroatoms. The molecule has 2 heterocycles. The summed E-state index contributed by atoms with van der Waals surface area (Å²) in [4.78, 5) is 16.3. The largest absolute Gasteiger partial charge is 0.360 e. The summed E-state index contributed by atoms with van der Waals surface area (Å²) >= 11 is 0. The Kier molecular flexibility index (Phi) is 4.72. The highest BCUT2D eigenvalue weighted by Gasteiger charge is 2.18. The van der Waals surface area contributed by atoms with Gasteiger partial charge < -0.3 is 16.0 Å². The standard InChI is InChI=1S/C21H21N5O/c22-10-9-19(14-5-2-1-3-6-14)26-21(27)17-8-4-7-16-18(13-23-20(16)17)15-11-24-25-12-15/h1-8,11-13,19,23H,9-10,22H2,(H,24,25)(H,26,27). The van der Waals surface area contributed by atoms with Crippen LogP contribution in [0.3, 0.4) is 0 Å². The maximum absolute atomic E-state index is 13.0. The Bertz CT molecular complexity index is 1040. The van der Waals surface area contributed by atoms with E-state index in [0.717, 1.165) is 27.6 Å². The molecular weight excluding hydrogens is 338 g/mol. The van der Waals surface area contributed by atoms with Gasteiger partial charge in [0.1, 0.15) is 0 Å². The Labute approximate surface area is 156 Å². The first-order chi connectivity index (χ1) is 13.3. The lowest BCUT2D eigenvalue weighted by atomic mass is 10.0. The van der Waals surface area contributed by atoms with Crippen LogP contribution in [0.2, 0.25) is 0 Å². The van der Waals surface area contributed by atoms with Gasteiger partial charge in [0.15, 0.2) is 0 Å². The fourth-order valence-electron chi connectivity index (χ4n) is 3.39. The maximum Gasteiger partial charge on any atom is 0.253 e. The van der Waals surface area contributed by atoms with E-state index >= 15 is 0 Å². The summed E-state index contributed by atoms with van der Waals surface area (Å²) in [6.07, 6.45) is 6.18. The molecule has 0 radical (unpaired) electrons. The minimum atomic E-state index is -0.123. The van der Waals surface area contributed by atoms with Crippen LogP contribution >= 0.6 is 0 Å². The molecule has 6 nitrogen and oxygen atoms in total. The third kappa shape index (κ3) is 3.35. The molecule has 5 N–H and O–H groups in total. The normalized spacial score (nSPS) is 12.2. The van der Waals surface area contributed by atoms with Gasteiger partial charge in [-0.25, -0.2) is 0 Å². The number of fused-ring (bicyclic) bond motifs is 1. The summed E-state index contributed by atoms with van der Waals surface area (Å²) in [5.41, 5.74) is 10.2. The van der Waals surface area contributed by atoms with Crippen LogP contribution < -0.4 is 11.1 Å². The first-order valence-corrected chi connectivity index (χ1v) is 8.93. The number of aromatic nitrogens is 3. The van der Waals surface area contributed by atoms with Crippen molar-refractivity contribution in [2.24, 2.45) is 5.73 Å². The van der Waals surface area contributed by atoms with Gasteiger partial charge in [0, 0.05) is 28.9 Å². The van der Waals surface area contributed by atoms with E-state index in [1.165, 1.54) is 0 Å². The summed E-state index contributed by atoms with van der Waals surface area (Å²) in [5, 5.41) is 10.9. The number of benzene rings is 2. The van der Waals surface area contributed by atoms with Crippen LogP contribution in [0.25, 0.3) is 22.0 Å². The quantitative estimate of drug-likeness (QED) is 0.425. The Balaban J connectivity index is 1.66. The molecule has 27 heavy (non-hydrogen) atoms. The number of H-pyrrole nitrogens is 2. The topological polar surface area (TPSA) is 99.6 Å². The zero-order valence-corrected chi connectivity index (χ0v) is 14.8. The number of amides is 1. The van der Waals surface area contributed by atoms with Crippen molar-refractivity contribution in [1.82, 2.24) is 20.5 Å². The van der Waals surface area contributed by atoms with E-state index in [9.17, 15) is 4.79 Å². The van der Waals surface area contributed by atoms with E-state index in [2.05, 4.69) is 20.5 Å². The van der Waals surface area contributed by atoms with Crippen molar-refractivity contribution >= 4 is 16.8 Å². The summed E-state index contributed by atoms with van der Waals surface area (Å²) in [7, 11) is 0. The molecule has 2 aromatic heterocycles. The molecule has 1 unspecified atom stereocenters. The lowest BCUT2D eigenvalue weighted by molar-refractivity contribution is 0.0936. The summed E-state index contributed by atoms with van der Waals surface area (Å²) in [6, 6.07) is 15.5. The first-order valence-electron chi connectivity index (χ1n) is 8.93. The van der Waals surface area contributed by atoms with Gasteiger partial charge >= 0.3 is 0 Å². The van der Waals surface area contributed by atoms with Crippen molar-refractivity contribution in [3.63, 3.8) is 0 Å². The molecule has 0 aliphatic carbocycles. The second-order valence-electron chi connectivity index (χ2n) is 6.43. The molecule has 0 saturated carbocycles. The number of para-hydroxylation sites is 1. The summed E-state index contributed by atoms with van der Waals surface area (Å²) in [5.74, 6) is -0.122. The van der Waals surface area contributed by atoms with Crippen LogP contribution in [-0.2, 0) is 0 Å². The minimum absolute atomic E-state index is 0.122. The third-order valence-electron chi connectivity index (χ3n) is 4.73. The molecule has 2 aromatic carbocycles. The average Bonchev–Trinajstić information content (AvgIpc) is 3.37. The Morgan fingerprint density at radius 2 is 1.96 bits per heavy atom. The SMILES string of the molecule is NCCC(NC(=O)c1cccc2c(-c3cn[nH]c3)c[nH]c12)c1ccccc1. The molecule has 0 aliphatic heterocycles. The van der Waals surface area contributed by atoms with Crippen LogP contribution in [0.5, 0.6) is 0 Å². The van der Waals surface area contributed by atoms with Gasteiger partial charge in [-0.1, -0.05) is 42.5 Å². The van der Waals surface area contributed by atoms with E-state index < -0.39 is 0 Å². The van der Waals surface area contributed by atoms with Crippen LogP contribution in [0.1, 0.15) is 28.4 Å². The van der Waals surface area contributed by atoms with Crippen molar-refractivity contribution in [2.75, 3.05) is 6.54 Å². The number of nitrogens with one attached hydrogen (secondary N) is 3. The van der Waals surface area contributed by atoms with Gasteiger partial charge in [-0.05, 0) is 24.6 Å². The molecule has 0 saturated heterocycles. The second kappa shape index (κ2) is 7.47. The van der Waals surface area contributed by atoms with Crippen LogP contribution in [-0.4, -0.2) is 27.6 Å². The van der Waals surface area contributed by atoms with E-state index in [0.29, 0.717) is 18.5 Å². The highest BCUT2D eigenvalue weighted by atomic mass is 16.1. The van der Waals surface area contributed by atoms with Crippen molar-refractivity contribution in [3.8, 4) is 11.1 Å². The van der Waals surface area contributed by atoms with Crippen LogP contribution in [0, 0.1) is 0 Å². The molecule has 136 valence electrons. The van der Waals surface area contributed by atoms with Crippen molar-refractivity contribution in [3.05, 3.63) is 78.2 Å². The number of nitrogens with zero attached hydrogens (tertiary/aromatic N) is 1. The fraction of sp³-hybridized carbons (Fsp3) is 0.143. The van der Waals surface area contributed by atoms with Gasteiger partial charge in [0.05, 0.1) is 23.3 Å². The zero-order valence-electron chi connectivity index (χ0n) is 14.8. The summed E-state index contributed by atoms with van der Waals surface area (Å²) < 4.78 is 0. The number of carbonyl (C=O) groups excluding carboxylic acids is 1. The second-order valence-corrected chi connectivity index (χ2v) is 6.43. The summed E-state index contributed by atoms with van der Waals surface area (Å²) in [6.45, 7) is 0.497. The monoisotopic (exact) mass is 359 g/mol. The van der Waals surface area contributed by atoms with Gasteiger partial charge in [0.2, 0.25) is 0 Å². The Morgan fingerprint density at radius 1 is 1.11 bits per heavy atom. The lowest BCUT2D eigenvalue weighted by Gasteiger charge is -2.19. The highest BCUT2D eigenvalue weighted by molar-refractivity contribution is 6.09. The number of carbonyl (C=O) groups is 1. The van der Waals surface area contributed by atoms with Crippen LogP contribution in [0.15, 0.2) is 67.1 Å². The highest BCUT2D eigenvalue weighted by Crippen LogP contribution is 2.30. The first kappa shape index (κ1) is 17.1. The zero-order chi connectivity index (χ0) is 18.6. The third-order valence-corrected chi connectivity index (χ3v) is 4.73. The average molecular weight is 359 g/mol. The lowest BCUT2D eigenvalue weighted by Crippen LogP contribution is -2.30. The molecule has 0 spiro atoms. The predicted molar refractivity (Wildman–Crippen MR) is 106 cm³/mol. The minimum Gasteiger partial charge on any atom is -0.360 e. The molecule has 1 amide bonds. The number of rotatable bonds is 6. The number of hydrogen-bond donors (Lipinski definition) is 4. The molecule has 0 fully saturated rings. The van der Waals surface area contributed by atoms with E-state index in [1.807, 2.05) is 60.9 Å². The van der Waals surface area contributed by atoms with E-state index in [-0.39, 0.29) is 11.9 Å². The van der Waals surface area contributed by atoms with Gasteiger partial charge in [-0.15, -0.1) is 0 Å². The molecule has 4 rings (SSSR count). The van der Waals surface area contributed by atoms with Crippen molar-refractivity contribution in [2.45, 2.75) is 12.5 Å². The molecule has 1 atom stereocenters. The van der Waals surface area contributed by atoms with Crippen LogP contribution in [0.4, 0.5) is 0 Å². The number of hydrogen-bond acceptors (Lipinski definition) is 3. The van der Waals surface area contributed by atoms with Gasteiger partial charge in [-0.3, -0.25) is 9.89 Å². The van der Waals surface area contributed by atoms with Gasteiger partial charge in [0.25, 0.3) is 5.91 Å². The molecule has 0 bridgehead atoms. The van der Waals surface area contributed by atoms with Crippen molar-refractivity contribution < 1.29 is 4.79 Å². The van der Waals surface area contributed by atoms with Crippen molar-refractivity contribution in [1.29, 1.82) is 0 Å². The number of nitrogens with two attached hydrogens (primary N) is 1. The smallest absolute Gasteiger partial charge is 0.253 e. The molecule has 4 aromatic rings. The fourth-order valence-corrected chi connectivity index (χ4v) is 3.39. The Morgan fingerprint density at radius 3 is 2.70 bits per heavy atom. The van der Waals surface area contributed by atoms with E-state index in [1.54, 1.807) is 6.20 Å². The molecule has 0 aliphatic rings. The Hall–Kier alpha value is -3.38. The predicted octanol–water partition coefficient (Wildman–Crippen LogP) is 3.38. The van der Waals surface area contributed by atoms with E-state index in [4.69, 9.17) is 5.73 Å². The van der Waals surface area contributed by atoms with Gasteiger partial charge in [-0.2, -0.15) is 5.10 Å². The molecular formula is C21H21N5O. The maximum atomic E-state index is 13.0.